The van der Waals surface area contributed by atoms with E-state index >= 15 is 0 Å². The number of fused-ring (bicyclic) bond motifs is 13. The fourth-order valence-corrected chi connectivity index (χ4v) is 8.42. The van der Waals surface area contributed by atoms with Gasteiger partial charge in [0.2, 0.25) is 0 Å². The molecule has 1 nitrogen and oxygen atoms in total. The standard InChI is InChI=1S/C40H23NS/c1-2-10-26-24(9-1)21-37(29-12-4-3-11-27(26)29)41-36-15-7-5-13-30(36)33-20-19-28-32(40(33)41)18-17-25-22-39-35(23-34(25)28)31-14-6-8-16-38(31)42-39/h1-23H. The molecule has 0 N–H and O–H groups in total. The fraction of sp³-hybridized carbons (Fsp3) is 0. The summed E-state index contributed by atoms with van der Waals surface area (Å²) in [6, 6.07) is 51.8. The van der Waals surface area contributed by atoms with Crippen LogP contribution in [0, 0.1) is 0 Å². The number of benzene rings is 8. The number of aromatic nitrogens is 1. The lowest BCUT2D eigenvalue weighted by molar-refractivity contribution is 1.21. The van der Waals surface area contributed by atoms with Crippen molar-refractivity contribution in [3.63, 3.8) is 0 Å². The smallest absolute Gasteiger partial charge is 0.0619 e. The second-order valence-electron chi connectivity index (χ2n) is 11.3. The highest BCUT2D eigenvalue weighted by atomic mass is 32.1. The molecular weight excluding hydrogens is 527 g/mol. The lowest BCUT2D eigenvalue weighted by Gasteiger charge is -2.15. The molecule has 0 aliphatic heterocycles. The molecule has 0 atom stereocenters. The Bertz CT molecular complexity index is 2740. The minimum Gasteiger partial charge on any atom is -0.308 e. The molecule has 10 aromatic rings. The second-order valence-corrected chi connectivity index (χ2v) is 12.4. The highest BCUT2D eigenvalue weighted by molar-refractivity contribution is 7.25. The van der Waals surface area contributed by atoms with E-state index < -0.39 is 0 Å². The van der Waals surface area contributed by atoms with Gasteiger partial charge in [-0.1, -0.05) is 109 Å². The quantitative estimate of drug-likeness (QED) is 0.179. The van der Waals surface area contributed by atoms with Crippen molar-refractivity contribution in [2.75, 3.05) is 0 Å². The van der Waals surface area contributed by atoms with Gasteiger partial charge in [-0.2, -0.15) is 0 Å². The maximum Gasteiger partial charge on any atom is 0.0619 e. The van der Waals surface area contributed by atoms with Crippen LogP contribution in [0.15, 0.2) is 140 Å². The number of nitrogens with zero attached hydrogens (tertiary/aromatic N) is 1. The Balaban J connectivity index is 1.41. The molecule has 2 heterocycles. The highest BCUT2D eigenvalue weighted by Gasteiger charge is 2.19. The molecule has 2 aromatic heterocycles. The third-order valence-electron chi connectivity index (χ3n) is 9.13. The molecule has 0 saturated carbocycles. The first-order valence-corrected chi connectivity index (χ1v) is 15.3. The van der Waals surface area contributed by atoms with E-state index in [0.29, 0.717) is 0 Å². The third kappa shape index (κ3) is 2.92. The maximum atomic E-state index is 2.52. The van der Waals surface area contributed by atoms with E-state index in [-0.39, 0.29) is 0 Å². The van der Waals surface area contributed by atoms with Crippen LogP contribution in [-0.2, 0) is 0 Å². The molecule has 2 heteroatoms. The molecule has 0 aliphatic carbocycles. The molecule has 8 aromatic carbocycles. The van der Waals surface area contributed by atoms with Gasteiger partial charge in [-0.05, 0) is 62.6 Å². The molecule has 0 unspecified atom stereocenters. The van der Waals surface area contributed by atoms with Gasteiger partial charge in [0.25, 0.3) is 0 Å². The van der Waals surface area contributed by atoms with Gasteiger partial charge < -0.3 is 4.57 Å². The van der Waals surface area contributed by atoms with E-state index in [1.54, 1.807) is 0 Å². The summed E-state index contributed by atoms with van der Waals surface area (Å²) in [5.74, 6) is 0. The Morgan fingerprint density at radius 1 is 0.357 bits per heavy atom. The molecule has 0 radical (unpaired) electrons. The van der Waals surface area contributed by atoms with Gasteiger partial charge in [0.15, 0.2) is 0 Å². The van der Waals surface area contributed by atoms with Gasteiger partial charge in [0.1, 0.15) is 0 Å². The first kappa shape index (κ1) is 22.5. The monoisotopic (exact) mass is 549 g/mol. The number of para-hydroxylation sites is 1. The molecular formula is C40H23NS. The first-order valence-electron chi connectivity index (χ1n) is 14.4. The van der Waals surface area contributed by atoms with E-state index in [9.17, 15) is 0 Å². The topological polar surface area (TPSA) is 4.93 Å². The summed E-state index contributed by atoms with van der Waals surface area (Å²) in [6.45, 7) is 0. The molecule has 0 aliphatic rings. The van der Waals surface area contributed by atoms with Crippen LogP contribution < -0.4 is 0 Å². The zero-order valence-electron chi connectivity index (χ0n) is 22.6. The molecule has 0 amide bonds. The van der Waals surface area contributed by atoms with Crippen molar-refractivity contribution < 1.29 is 0 Å². The van der Waals surface area contributed by atoms with Crippen molar-refractivity contribution in [1.29, 1.82) is 0 Å². The Hall–Kier alpha value is -5.18. The largest absolute Gasteiger partial charge is 0.308 e. The van der Waals surface area contributed by atoms with E-state index in [0.717, 1.165) is 0 Å². The summed E-state index contributed by atoms with van der Waals surface area (Å²) in [5.41, 5.74) is 3.73. The van der Waals surface area contributed by atoms with Gasteiger partial charge in [-0.15, -0.1) is 11.3 Å². The van der Waals surface area contributed by atoms with Crippen molar-refractivity contribution in [2.45, 2.75) is 0 Å². The average molecular weight is 550 g/mol. The summed E-state index contributed by atoms with van der Waals surface area (Å²) < 4.78 is 5.21. The van der Waals surface area contributed by atoms with Crippen LogP contribution in [0.3, 0.4) is 0 Å². The molecule has 0 fully saturated rings. The molecule has 0 bridgehead atoms. The molecule has 42 heavy (non-hydrogen) atoms. The van der Waals surface area contributed by atoms with Gasteiger partial charge in [-0.25, -0.2) is 0 Å². The van der Waals surface area contributed by atoms with E-state index in [4.69, 9.17) is 0 Å². The number of hydrogen-bond acceptors (Lipinski definition) is 1. The average Bonchev–Trinajstić information content (AvgIpc) is 3.58. The number of hydrogen-bond donors (Lipinski definition) is 0. The minimum absolute atomic E-state index is 1.22. The van der Waals surface area contributed by atoms with Crippen molar-refractivity contribution in [1.82, 2.24) is 4.57 Å². The van der Waals surface area contributed by atoms with Crippen LogP contribution in [0.2, 0.25) is 0 Å². The third-order valence-corrected chi connectivity index (χ3v) is 10.3. The molecule has 194 valence electrons. The normalized spacial score (nSPS) is 12.3. The molecule has 0 saturated heterocycles. The Morgan fingerprint density at radius 2 is 0.976 bits per heavy atom. The van der Waals surface area contributed by atoms with Crippen LogP contribution in [0.4, 0.5) is 0 Å². The van der Waals surface area contributed by atoms with Gasteiger partial charge in [0.05, 0.1) is 16.7 Å². The summed E-state index contributed by atoms with van der Waals surface area (Å²) >= 11 is 1.88. The predicted molar refractivity (Wildman–Crippen MR) is 184 cm³/mol. The van der Waals surface area contributed by atoms with E-state index in [2.05, 4.69) is 144 Å². The van der Waals surface area contributed by atoms with Gasteiger partial charge >= 0.3 is 0 Å². The van der Waals surface area contributed by atoms with Gasteiger partial charge in [0, 0.05) is 41.7 Å². The Labute approximate surface area is 245 Å². The van der Waals surface area contributed by atoms with Crippen LogP contribution in [-0.4, -0.2) is 4.57 Å². The molecule has 10 rings (SSSR count). The Kier molecular flexibility index (Phi) is 4.39. The summed E-state index contributed by atoms with van der Waals surface area (Å²) in [6.07, 6.45) is 0. The fourth-order valence-electron chi connectivity index (χ4n) is 7.29. The zero-order valence-corrected chi connectivity index (χ0v) is 23.5. The van der Waals surface area contributed by atoms with Crippen molar-refractivity contribution in [2.24, 2.45) is 0 Å². The summed E-state index contributed by atoms with van der Waals surface area (Å²) in [7, 11) is 0. The zero-order chi connectivity index (χ0) is 27.4. The maximum absolute atomic E-state index is 2.52. The van der Waals surface area contributed by atoms with Crippen molar-refractivity contribution >= 4 is 96.4 Å². The van der Waals surface area contributed by atoms with E-state index in [1.165, 1.54) is 90.8 Å². The second kappa shape index (κ2) is 8.19. The Morgan fingerprint density at radius 3 is 1.88 bits per heavy atom. The lowest BCUT2D eigenvalue weighted by Crippen LogP contribution is -1.97. The number of rotatable bonds is 1. The summed E-state index contributed by atoms with van der Waals surface area (Å²) in [5, 5.41) is 15.5. The van der Waals surface area contributed by atoms with Crippen LogP contribution in [0.1, 0.15) is 0 Å². The highest BCUT2D eigenvalue weighted by Crippen LogP contribution is 2.43. The molecule has 0 spiro atoms. The minimum atomic E-state index is 1.22. The first-order chi connectivity index (χ1) is 20.8. The van der Waals surface area contributed by atoms with Crippen LogP contribution in [0.25, 0.3) is 90.8 Å². The predicted octanol–water partition coefficient (Wildman–Crippen LogP) is 11.8. The van der Waals surface area contributed by atoms with E-state index in [1.807, 2.05) is 11.3 Å². The van der Waals surface area contributed by atoms with Crippen LogP contribution in [0.5, 0.6) is 0 Å². The number of thiophene rings is 1. The van der Waals surface area contributed by atoms with Crippen LogP contribution >= 0.6 is 11.3 Å². The lowest BCUT2D eigenvalue weighted by atomic mass is 9.97. The SMILES string of the molecule is c1ccc2c(c1)cc(-n1c3ccccc3c3ccc4c5cc6c(cc5ccc4c31)sc1ccccc16)c1ccccc12. The summed E-state index contributed by atoms with van der Waals surface area (Å²) in [4.78, 5) is 0. The van der Waals surface area contributed by atoms with Crippen molar-refractivity contribution in [3.05, 3.63) is 140 Å². The van der Waals surface area contributed by atoms with Gasteiger partial charge in [-0.3, -0.25) is 0 Å². The van der Waals surface area contributed by atoms with Crippen molar-refractivity contribution in [3.8, 4) is 5.69 Å².